The smallest absolute Gasteiger partial charge is 0.303 e. The first kappa shape index (κ1) is 12.5. The number of rotatable bonds is 4. The van der Waals surface area contributed by atoms with Crippen LogP contribution in [0.25, 0.3) is 0 Å². The van der Waals surface area contributed by atoms with E-state index in [0.29, 0.717) is 12.3 Å². The Kier molecular flexibility index (Phi) is 3.57. The number of carbonyl (C=O) groups is 1. The van der Waals surface area contributed by atoms with Crippen molar-refractivity contribution in [1.82, 2.24) is 10.2 Å². The molecule has 0 aliphatic carbocycles. The minimum atomic E-state index is -0.817. The first-order valence-electron chi connectivity index (χ1n) is 5.19. The first-order valence-corrected chi connectivity index (χ1v) is 5.19. The number of methoxy groups -OCH3 is 1. The second kappa shape index (κ2) is 4.55. The Labute approximate surface area is 94.8 Å². The summed E-state index contributed by atoms with van der Waals surface area (Å²) in [4.78, 5) is 10.6. The van der Waals surface area contributed by atoms with Gasteiger partial charge in [0.2, 0.25) is 5.88 Å². The van der Waals surface area contributed by atoms with Crippen LogP contribution in [-0.2, 0) is 16.6 Å². The molecule has 1 aromatic heterocycles. The first-order chi connectivity index (χ1) is 7.36. The molecule has 2 N–H and O–H groups in total. The Morgan fingerprint density at radius 1 is 1.50 bits per heavy atom. The minimum Gasteiger partial charge on any atom is -0.481 e. The summed E-state index contributed by atoms with van der Waals surface area (Å²) in [5.74, 6) is -0.325. The zero-order valence-electron chi connectivity index (χ0n) is 10.1. The molecule has 0 saturated heterocycles. The maximum atomic E-state index is 10.6. The molecule has 1 aromatic rings. The fourth-order valence-electron chi connectivity index (χ4n) is 1.60. The van der Waals surface area contributed by atoms with Crippen molar-refractivity contribution in [3.8, 4) is 5.88 Å². The van der Waals surface area contributed by atoms with Crippen LogP contribution in [0.5, 0.6) is 5.88 Å². The molecule has 0 aliphatic rings. The molecule has 5 nitrogen and oxygen atoms in total. The fraction of sp³-hybridized carbons (Fsp3) is 0.636. The molecule has 0 atom stereocenters. The van der Waals surface area contributed by atoms with Gasteiger partial charge in [-0.15, -0.1) is 5.10 Å². The van der Waals surface area contributed by atoms with Crippen LogP contribution in [-0.4, -0.2) is 28.4 Å². The number of carboxylic acid groups (broad SMARTS) is 1. The van der Waals surface area contributed by atoms with Gasteiger partial charge >= 0.3 is 5.97 Å². The topological polar surface area (TPSA) is 75.2 Å². The summed E-state index contributed by atoms with van der Waals surface area (Å²) in [5, 5.41) is 15.7. The summed E-state index contributed by atoms with van der Waals surface area (Å²) in [6.45, 7) is 6.14. The molecule has 0 aliphatic heterocycles. The average molecular weight is 226 g/mol. The number of hydrogen-bond donors (Lipinski definition) is 2. The van der Waals surface area contributed by atoms with Crippen LogP contribution < -0.4 is 4.74 Å². The Morgan fingerprint density at radius 2 is 2.12 bits per heavy atom. The summed E-state index contributed by atoms with van der Waals surface area (Å²) in [6.07, 6.45) is 0.514. The lowest BCUT2D eigenvalue weighted by molar-refractivity contribution is -0.136. The minimum absolute atomic E-state index is 0.0823. The number of carboxylic acids is 1. The van der Waals surface area contributed by atoms with E-state index in [1.165, 1.54) is 7.11 Å². The molecule has 0 spiro atoms. The molecule has 1 rings (SSSR count). The van der Waals surface area contributed by atoms with Crippen LogP contribution in [0.2, 0.25) is 0 Å². The lowest BCUT2D eigenvalue weighted by Crippen LogP contribution is -2.15. The van der Waals surface area contributed by atoms with Crippen molar-refractivity contribution >= 4 is 5.97 Å². The number of H-pyrrole nitrogens is 1. The Balaban J connectivity index is 3.01. The maximum absolute atomic E-state index is 10.6. The molecule has 1 heterocycles. The van der Waals surface area contributed by atoms with Gasteiger partial charge in [0.25, 0.3) is 0 Å². The SMILES string of the molecule is COc1n[nH]c(C(C)(C)C)c1CCC(=O)O. The van der Waals surface area contributed by atoms with Crippen LogP contribution in [0.4, 0.5) is 0 Å². The highest BCUT2D eigenvalue weighted by Gasteiger charge is 2.24. The average Bonchev–Trinajstić information content (AvgIpc) is 2.56. The maximum Gasteiger partial charge on any atom is 0.303 e. The number of aromatic amines is 1. The van der Waals surface area contributed by atoms with Gasteiger partial charge in [-0.3, -0.25) is 9.89 Å². The number of nitrogens with one attached hydrogen (secondary N) is 1. The normalized spacial score (nSPS) is 11.5. The quantitative estimate of drug-likeness (QED) is 0.819. The van der Waals surface area contributed by atoms with Gasteiger partial charge in [0, 0.05) is 23.1 Å². The van der Waals surface area contributed by atoms with Crippen molar-refractivity contribution in [3.63, 3.8) is 0 Å². The molecular weight excluding hydrogens is 208 g/mol. The predicted molar refractivity (Wildman–Crippen MR) is 59.8 cm³/mol. The zero-order valence-corrected chi connectivity index (χ0v) is 10.1. The Hall–Kier alpha value is -1.52. The number of nitrogens with zero attached hydrogens (tertiary/aromatic N) is 1. The molecule has 0 aromatic carbocycles. The van der Waals surface area contributed by atoms with E-state index in [9.17, 15) is 4.79 Å². The highest BCUT2D eigenvalue weighted by atomic mass is 16.5. The van der Waals surface area contributed by atoms with Crippen molar-refractivity contribution in [2.75, 3.05) is 7.11 Å². The summed E-state index contributed by atoms with van der Waals surface area (Å²) in [5.41, 5.74) is 1.69. The van der Waals surface area contributed by atoms with Crippen LogP contribution >= 0.6 is 0 Å². The van der Waals surface area contributed by atoms with Crippen LogP contribution in [0.3, 0.4) is 0 Å². The second-order valence-corrected chi connectivity index (χ2v) is 4.73. The number of ether oxygens (including phenoxy) is 1. The Bertz CT molecular complexity index is 377. The van der Waals surface area contributed by atoms with E-state index in [1.807, 2.05) is 20.8 Å². The van der Waals surface area contributed by atoms with Gasteiger partial charge in [-0.1, -0.05) is 20.8 Å². The molecule has 5 heteroatoms. The third kappa shape index (κ3) is 2.74. The van der Waals surface area contributed by atoms with Gasteiger partial charge < -0.3 is 9.84 Å². The van der Waals surface area contributed by atoms with Gasteiger partial charge in [0.15, 0.2) is 0 Å². The van der Waals surface area contributed by atoms with E-state index in [-0.39, 0.29) is 11.8 Å². The van der Waals surface area contributed by atoms with Crippen LogP contribution in [0.1, 0.15) is 38.4 Å². The van der Waals surface area contributed by atoms with Gasteiger partial charge in [-0.25, -0.2) is 0 Å². The summed E-state index contributed by atoms with van der Waals surface area (Å²) in [7, 11) is 1.53. The molecule has 0 radical (unpaired) electrons. The van der Waals surface area contributed by atoms with Gasteiger partial charge in [0.1, 0.15) is 0 Å². The number of aromatic nitrogens is 2. The van der Waals surface area contributed by atoms with E-state index in [2.05, 4.69) is 10.2 Å². The summed E-state index contributed by atoms with van der Waals surface area (Å²) in [6, 6.07) is 0. The Morgan fingerprint density at radius 3 is 2.56 bits per heavy atom. The zero-order chi connectivity index (χ0) is 12.3. The molecule has 0 fully saturated rings. The lowest BCUT2D eigenvalue weighted by atomic mass is 9.88. The van der Waals surface area contributed by atoms with Gasteiger partial charge in [-0.2, -0.15) is 0 Å². The third-order valence-electron chi connectivity index (χ3n) is 2.36. The second-order valence-electron chi connectivity index (χ2n) is 4.73. The molecule has 0 unspecified atom stereocenters. The molecule has 16 heavy (non-hydrogen) atoms. The highest BCUT2D eigenvalue weighted by molar-refractivity contribution is 5.67. The van der Waals surface area contributed by atoms with E-state index < -0.39 is 5.97 Å². The molecule has 90 valence electrons. The van der Waals surface area contributed by atoms with Crippen molar-refractivity contribution in [2.24, 2.45) is 0 Å². The van der Waals surface area contributed by atoms with E-state index >= 15 is 0 Å². The summed E-state index contributed by atoms with van der Waals surface area (Å²) < 4.78 is 5.12. The summed E-state index contributed by atoms with van der Waals surface area (Å²) >= 11 is 0. The fourth-order valence-corrected chi connectivity index (χ4v) is 1.60. The lowest BCUT2D eigenvalue weighted by Gasteiger charge is -2.18. The van der Waals surface area contributed by atoms with E-state index in [1.54, 1.807) is 0 Å². The van der Waals surface area contributed by atoms with Crippen molar-refractivity contribution in [2.45, 2.75) is 39.0 Å². The molecule has 0 saturated carbocycles. The monoisotopic (exact) mass is 226 g/mol. The standard InChI is InChI=1S/C11H18N2O3/c1-11(2,3)9-7(5-6-8(14)15)10(16-4)13-12-9/h5-6H2,1-4H3,(H,12,13)(H,14,15). The predicted octanol–water partition coefficient (Wildman–Crippen LogP) is 1.73. The van der Waals surface area contributed by atoms with Crippen molar-refractivity contribution in [3.05, 3.63) is 11.3 Å². The molecule has 0 amide bonds. The van der Waals surface area contributed by atoms with Gasteiger partial charge in [-0.05, 0) is 6.42 Å². The van der Waals surface area contributed by atoms with Crippen molar-refractivity contribution in [1.29, 1.82) is 0 Å². The largest absolute Gasteiger partial charge is 0.481 e. The van der Waals surface area contributed by atoms with Gasteiger partial charge in [0.05, 0.1) is 7.11 Å². The number of aliphatic carboxylic acids is 1. The molecular formula is C11H18N2O3. The highest BCUT2D eigenvalue weighted by Crippen LogP contribution is 2.30. The van der Waals surface area contributed by atoms with Crippen LogP contribution in [0, 0.1) is 0 Å². The van der Waals surface area contributed by atoms with E-state index in [4.69, 9.17) is 9.84 Å². The third-order valence-corrected chi connectivity index (χ3v) is 2.36. The van der Waals surface area contributed by atoms with Crippen LogP contribution in [0.15, 0.2) is 0 Å². The molecule has 0 bridgehead atoms. The number of hydrogen-bond acceptors (Lipinski definition) is 3. The van der Waals surface area contributed by atoms with E-state index in [0.717, 1.165) is 11.3 Å². The van der Waals surface area contributed by atoms with Crippen molar-refractivity contribution < 1.29 is 14.6 Å².